The minimum absolute atomic E-state index is 0.594. The fourth-order valence-electron chi connectivity index (χ4n) is 14.2. The second-order valence-electron chi connectivity index (χ2n) is 21.1. The fraction of sp³-hybridized carbons (Fsp3) is 0.0526. The summed E-state index contributed by atoms with van der Waals surface area (Å²) < 4.78 is 0. The van der Waals surface area contributed by atoms with Crippen LogP contribution in [0, 0.1) is 0 Å². The zero-order valence-corrected chi connectivity index (χ0v) is 43.6. The van der Waals surface area contributed by atoms with Gasteiger partial charge in [0.15, 0.2) is 0 Å². The molecule has 2 aliphatic heterocycles. The maximum absolute atomic E-state index is 2.52. The number of rotatable bonds is 7. The molecule has 15 rings (SSSR count). The molecule has 0 saturated heterocycles. The van der Waals surface area contributed by atoms with Gasteiger partial charge in [0.2, 0.25) is 0 Å². The molecule has 2 heteroatoms. The first-order valence-corrected chi connectivity index (χ1v) is 27.2. The average molecular weight is 995 g/mol. The van der Waals surface area contributed by atoms with Gasteiger partial charge in [0.25, 0.3) is 0 Å². The highest BCUT2D eigenvalue weighted by molar-refractivity contribution is 6.20. The summed E-state index contributed by atoms with van der Waals surface area (Å²) in [5.74, 6) is 0. The Morgan fingerprint density at radius 1 is 0.256 bits per heavy atom. The van der Waals surface area contributed by atoms with Crippen molar-refractivity contribution in [1.29, 1.82) is 0 Å². The molecule has 0 amide bonds. The lowest BCUT2D eigenvalue weighted by Crippen LogP contribution is -2.38. The fourth-order valence-corrected chi connectivity index (χ4v) is 14.2. The van der Waals surface area contributed by atoms with Gasteiger partial charge in [-0.1, -0.05) is 267 Å². The van der Waals surface area contributed by atoms with Crippen molar-refractivity contribution in [2.45, 2.75) is 10.8 Å². The van der Waals surface area contributed by atoms with Gasteiger partial charge in [-0.2, -0.15) is 0 Å². The van der Waals surface area contributed by atoms with E-state index in [2.05, 4.69) is 315 Å². The number of fused-ring (bicyclic) bond motifs is 7. The molecule has 0 saturated carbocycles. The van der Waals surface area contributed by atoms with E-state index < -0.39 is 10.8 Å². The molecule has 0 aliphatic carbocycles. The molecule has 78 heavy (non-hydrogen) atoms. The summed E-state index contributed by atoms with van der Waals surface area (Å²) in [4.78, 5) is 4.91. The second kappa shape index (κ2) is 17.9. The van der Waals surface area contributed by atoms with E-state index in [1.807, 2.05) is 0 Å². The molecule has 0 N–H and O–H groups in total. The number of benzene rings is 13. The first-order valence-electron chi connectivity index (χ1n) is 27.2. The third kappa shape index (κ3) is 6.50. The van der Waals surface area contributed by atoms with E-state index in [-0.39, 0.29) is 0 Å². The maximum atomic E-state index is 2.52. The molecular formula is C76H54N2. The molecule has 13 aromatic carbocycles. The van der Waals surface area contributed by atoms with Gasteiger partial charge in [0.05, 0.1) is 22.2 Å². The SMILES string of the molecule is CN1c2ccccc2C(c2ccccc2)(c2ccccc2)c2cccc(-c3cccc4c(-c5ccc6ccccc6c5)c5cccc(-c6cccc7c6N(C)c6ccccc6C7(c6ccccc6)c6ccccc6)c5cc34)c21. The summed E-state index contributed by atoms with van der Waals surface area (Å²) in [6.07, 6.45) is 0. The molecule has 2 nitrogen and oxygen atoms in total. The van der Waals surface area contributed by atoms with Crippen LogP contribution in [-0.2, 0) is 10.8 Å². The predicted octanol–water partition coefficient (Wildman–Crippen LogP) is 19.1. The molecule has 2 heterocycles. The first kappa shape index (κ1) is 45.6. The van der Waals surface area contributed by atoms with Gasteiger partial charge in [0, 0.05) is 36.6 Å². The van der Waals surface area contributed by atoms with Crippen molar-refractivity contribution < 1.29 is 0 Å². The Morgan fingerprint density at radius 2 is 0.615 bits per heavy atom. The molecule has 0 fully saturated rings. The average Bonchev–Trinajstić information content (AvgIpc) is 3.63. The minimum Gasteiger partial charge on any atom is -0.344 e. The highest BCUT2D eigenvalue weighted by Crippen LogP contribution is 2.60. The highest BCUT2D eigenvalue weighted by Gasteiger charge is 2.48. The summed E-state index contributed by atoms with van der Waals surface area (Å²) in [5.41, 5.74) is 20.8. The Hall–Kier alpha value is -9.76. The van der Waals surface area contributed by atoms with Crippen LogP contribution in [-0.4, -0.2) is 14.1 Å². The van der Waals surface area contributed by atoms with Crippen molar-refractivity contribution in [2.75, 3.05) is 23.9 Å². The van der Waals surface area contributed by atoms with Crippen molar-refractivity contribution >= 4 is 55.1 Å². The van der Waals surface area contributed by atoms with E-state index in [0.717, 1.165) is 0 Å². The molecule has 0 aromatic heterocycles. The summed E-state index contributed by atoms with van der Waals surface area (Å²) >= 11 is 0. The largest absolute Gasteiger partial charge is 0.344 e. The van der Waals surface area contributed by atoms with Crippen LogP contribution in [0.5, 0.6) is 0 Å². The lowest BCUT2D eigenvalue weighted by Gasteiger charge is -2.46. The van der Waals surface area contributed by atoms with E-state index in [9.17, 15) is 0 Å². The van der Waals surface area contributed by atoms with Crippen LogP contribution in [0.15, 0.2) is 291 Å². The third-order valence-electron chi connectivity index (χ3n) is 17.4. The van der Waals surface area contributed by atoms with Gasteiger partial charge in [0.1, 0.15) is 0 Å². The Kier molecular flexibility index (Phi) is 10.5. The van der Waals surface area contributed by atoms with Gasteiger partial charge >= 0.3 is 0 Å². The Morgan fingerprint density at radius 3 is 1.06 bits per heavy atom. The predicted molar refractivity (Wildman–Crippen MR) is 328 cm³/mol. The summed E-state index contributed by atoms with van der Waals surface area (Å²) in [6.45, 7) is 0. The van der Waals surface area contributed by atoms with Crippen LogP contribution in [0.4, 0.5) is 22.7 Å². The van der Waals surface area contributed by atoms with Crippen molar-refractivity contribution in [3.8, 4) is 33.4 Å². The first-order chi connectivity index (χ1) is 38.6. The van der Waals surface area contributed by atoms with Crippen molar-refractivity contribution in [2.24, 2.45) is 0 Å². The van der Waals surface area contributed by atoms with Crippen molar-refractivity contribution in [3.05, 3.63) is 336 Å². The maximum Gasteiger partial charge on any atom is 0.0742 e. The van der Waals surface area contributed by atoms with E-state index in [0.29, 0.717) is 0 Å². The summed E-state index contributed by atoms with van der Waals surface area (Å²) in [5, 5.41) is 7.30. The Labute approximate surface area is 456 Å². The molecule has 0 radical (unpaired) electrons. The summed E-state index contributed by atoms with van der Waals surface area (Å²) in [7, 11) is 4.52. The molecule has 2 aliphatic rings. The smallest absolute Gasteiger partial charge is 0.0742 e. The van der Waals surface area contributed by atoms with Crippen LogP contribution >= 0.6 is 0 Å². The number of para-hydroxylation sites is 4. The Bertz CT molecular complexity index is 4140. The van der Waals surface area contributed by atoms with Crippen LogP contribution < -0.4 is 9.80 Å². The second-order valence-corrected chi connectivity index (χ2v) is 21.1. The Balaban J connectivity index is 1.05. The number of hydrogen-bond acceptors (Lipinski definition) is 2. The standard InChI is InChI=1S/C76H54N2/c1-77-70-45-19-17-41-66(70)75(54-27-7-3-8-28-54,55-29-9-4-10-30-55)68-43-23-39-62(73(68)77)58-35-21-37-60-64(58)50-65-59(36-22-38-61(65)72(60)53-48-47-51-25-15-16-26-52(51)49-53)63-40-24-44-69-74(63)78(2)71-46-20-18-42-67(71)76(69,56-31-11-5-12-32-56)57-33-13-6-14-34-57/h3-50H,1-2H3. The molecule has 0 unspecified atom stereocenters. The monoisotopic (exact) mass is 994 g/mol. The summed E-state index contributed by atoms with van der Waals surface area (Å²) in [6, 6.07) is 109. The van der Waals surface area contributed by atoms with E-state index in [1.165, 1.54) is 133 Å². The number of anilines is 4. The van der Waals surface area contributed by atoms with Crippen LogP contribution in [0.25, 0.3) is 65.7 Å². The molecule has 368 valence electrons. The van der Waals surface area contributed by atoms with E-state index >= 15 is 0 Å². The van der Waals surface area contributed by atoms with E-state index in [4.69, 9.17) is 0 Å². The highest BCUT2D eigenvalue weighted by atomic mass is 15.1. The van der Waals surface area contributed by atoms with Gasteiger partial charge < -0.3 is 9.80 Å². The lowest BCUT2D eigenvalue weighted by molar-refractivity contribution is 0.728. The van der Waals surface area contributed by atoms with Crippen molar-refractivity contribution in [3.63, 3.8) is 0 Å². The normalized spacial score (nSPS) is 13.9. The van der Waals surface area contributed by atoms with Crippen molar-refractivity contribution in [1.82, 2.24) is 0 Å². The number of hydrogen-bond donors (Lipinski definition) is 0. The van der Waals surface area contributed by atoms with Gasteiger partial charge in [-0.25, -0.2) is 0 Å². The quantitative estimate of drug-likeness (QED) is 0.147. The zero-order valence-electron chi connectivity index (χ0n) is 43.6. The molecule has 13 aromatic rings. The topological polar surface area (TPSA) is 6.48 Å². The van der Waals surface area contributed by atoms with E-state index in [1.54, 1.807) is 0 Å². The van der Waals surface area contributed by atoms with Gasteiger partial charge in [-0.15, -0.1) is 0 Å². The molecule has 0 spiro atoms. The zero-order chi connectivity index (χ0) is 52.0. The minimum atomic E-state index is -0.594. The van der Waals surface area contributed by atoms with Gasteiger partial charge in [-0.05, 0) is 123 Å². The number of nitrogens with zero attached hydrogens (tertiary/aromatic N) is 2. The molecular weight excluding hydrogens is 941 g/mol. The van der Waals surface area contributed by atoms with Crippen LogP contribution in [0.3, 0.4) is 0 Å². The molecule has 0 atom stereocenters. The van der Waals surface area contributed by atoms with Crippen LogP contribution in [0.2, 0.25) is 0 Å². The van der Waals surface area contributed by atoms with Crippen LogP contribution in [0.1, 0.15) is 44.5 Å². The van der Waals surface area contributed by atoms with Gasteiger partial charge in [-0.3, -0.25) is 0 Å². The molecule has 0 bridgehead atoms. The lowest BCUT2D eigenvalue weighted by atomic mass is 9.62. The third-order valence-corrected chi connectivity index (χ3v) is 17.4.